The fraction of sp³-hybridized carbons (Fsp3) is 0.333. The second-order valence-corrected chi connectivity index (χ2v) is 9.08. The number of piperazine rings is 1. The lowest BCUT2D eigenvalue weighted by Crippen LogP contribution is -2.49. The minimum Gasteiger partial charge on any atom is -0.361 e. The molecule has 1 aliphatic heterocycles. The van der Waals surface area contributed by atoms with Crippen molar-refractivity contribution in [3.05, 3.63) is 87.9 Å². The maximum Gasteiger partial charge on any atom is 0.406 e. The highest BCUT2D eigenvalue weighted by Gasteiger charge is 2.33. The van der Waals surface area contributed by atoms with Crippen molar-refractivity contribution in [1.82, 2.24) is 19.4 Å². The third kappa shape index (κ3) is 4.68. The lowest BCUT2D eigenvalue weighted by molar-refractivity contribution is -0.388. The molecular formula is C27H30N6O3. The van der Waals surface area contributed by atoms with E-state index in [9.17, 15) is 14.9 Å². The van der Waals surface area contributed by atoms with Crippen molar-refractivity contribution in [3.8, 4) is 0 Å². The van der Waals surface area contributed by atoms with Crippen LogP contribution in [-0.2, 0) is 24.2 Å². The Balaban J connectivity index is 1.28. The van der Waals surface area contributed by atoms with Gasteiger partial charge in [-0.15, -0.1) is 0 Å². The molecule has 2 aromatic heterocycles. The summed E-state index contributed by atoms with van der Waals surface area (Å²) in [7, 11) is 0. The Morgan fingerprint density at radius 2 is 1.78 bits per heavy atom. The Bertz CT molecular complexity index is 1370. The Hall–Kier alpha value is -4.14. The highest BCUT2D eigenvalue weighted by Crippen LogP contribution is 2.31. The lowest BCUT2D eigenvalue weighted by Gasteiger charge is -2.35. The lowest BCUT2D eigenvalue weighted by atomic mass is 10.1. The van der Waals surface area contributed by atoms with E-state index in [1.165, 1.54) is 0 Å². The number of imidazole rings is 1. The number of nitrogens with one attached hydrogen (secondary N) is 1. The van der Waals surface area contributed by atoms with E-state index in [0.717, 1.165) is 22.0 Å². The van der Waals surface area contributed by atoms with Crippen LogP contribution in [0, 0.1) is 10.1 Å². The Morgan fingerprint density at radius 1 is 1.06 bits per heavy atom. The number of aryl methyl sites for hydroxylation is 2. The number of benzene rings is 2. The Kier molecular flexibility index (Phi) is 6.71. The summed E-state index contributed by atoms with van der Waals surface area (Å²) < 4.78 is 1.96. The molecule has 2 aromatic carbocycles. The van der Waals surface area contributed by atoms with Crippen molar-refractivity contribution in [2.24, 2.45) is 0 Å². The highest BCUT2D eigenvalue weighted by atomic mass is 16.6. The van der Waals surface area contributed by atoms with Gasteiger partial charge in [-0.1, -0.05) is 55.5 Å². The van der Waals surface area contributed by atoms with Gasteiger partial charge in [0.25, 0.3) is 0 Å². The summed E-state index contributed by atoms with van der Waals surface area (Å²) in [6.45, 7) is 4.60. The number of aromatic amines is 1. The number of nitrogens with zero attached hydrogens (tertiary/aromatic N) is 5. The zero-order chi connectivity index (χ0) is 25.1. The van der Waals surface area contributed by atoms with Gasteiger partial charge in [0, 0.05) is 56.1 Å². The molecule has 1 saturated heterocycles. The quantitative estimate of drug-likeness (QED) is 0.298. The van der Waals surface area contributed by atoms with Gasteiger partial charge < -0.3 is 24.9 Å². The van der Waals surface area contributed by atoms with E-state index in [0.29, 0.717) is 63.6 Å². The first-order valence-corrected chi connectivity index (χ1v) is 12.4. The molecule has 3 heterocycles. The Morgan fingerprint density at radius 3 is 2.50 bits per heavy atom. The number of hydrogen-bond donors (Lipinski definition) is 1. The van der Waals surface area contributed by atoms with Gasteiger partial charge in [-0.05, 0) is 33.5 Å². The van der Waals surface area contributed by atoms with E-state index in [1.807, 2.05) is 76.0 Å². The van der Waals surface area contributed by atoms with Gasteiger partial charge in [0.2, 0.25) is 17.5 Å². The summed E-state index contributed by atoms with van der Waals surface area (Å²) in [5.41, 5.74) is 3.28. The monoisotopic (exact) mass is 486 g/mol. The molecule has 0 atom stereocenters. The van der Waals surface area contributed by atoms with Gasteiger partial charge >= 0.3 is 5.82 Å². The average Bonchev–Trinajstić information content (AvgIpc) is 3.49. The predicted molar refractivity (Wildman–Crippen MR) is 139 cm³/mol. The fourth-order valence-corrected chi connectivity index (χ4v) is 5.02. The van der Waals surface area contributed by atoms with E-state index in [4.69, 9.17) is 0 Å². The SMILES string of the molecule is CCc1nc([N+](=O)[O-])c(N2CCN(C(=O)CCc3c[nH]c4ccccc34)CC2)n1Cc1ccccc1. The van der Waals surface area contributed by atoms with Crippen molar-refractivity contribution in [2.45, 2.75) is 32.7 Å². The second kappa shape index (κ2) is 10.2. The highest BCUT2D eigenvalue weighted by molar-refractivity contribution is 5.84. The molecule has 186 valence electrons. The topological polar surface area (TPSA) is 100 Å². The molecule has 5 rings (SSSR count). The number of rotatable bonds is 8. The molecular weight excluding hydrogens is 456 g/mol. The van der Waals surface area contributed by atoms with Crippen LogP contribution < -0.4 is 4.90 Å². The number of carbonyl (C=O) groups excluding carboxylic acids is 1. The first-order valence-electron chi connectivity index (χ1n) is 12.4. The van der Waals surface area contributed by atoms with E-state index < -0.39 is 4.92 Å². The predicted octanol–water partition coefficient (Wildman–Crippen LogP) is 4.16. The third-order valence-corrected chi connectivity index (χ3v) is 6.89. The zero-order valence-corrected chi connectivity index (χ0v) is 20.4. The molecule has 0 saturated carbocycles. The van der Waals surface area contributed by atoms with Crippen molar-refractivity contribution < 1.29 is 9.72 Å². The summed E-state index contributed by atoms with van der Waals surface area (Å²) in [6.07, 6.45) is 3.69. The number of nitro groups is 1. The summed E-state index contributed by atoms with van der Waals surface area (Å²) in [4.78, 5) is 36.0. The van der Waals surface area contributed by atoms with Gasteiger partial charge in [0.15, 0.2) is 0 Å². The molecule has 0 bridgehead atoms. The molecule has 4 aromatic rings. The normalized spacial score (nSPS) is 13.9. The van der Waals surface area contributed by atoms with Gasteiger partial charge in [0.05, 0.1) is 6.54 Å². The largest absolute Gasteiger partial charge is 0.406 e. The van der Waals surface area contributed by atoms with Crippen LogP contribution >= 0.6 is 0 Å². The summed E-state index contributed by atoms with van der Waals surface area (Å²) in [6, 6.07) is 18.0. The number of fused-ring (bicyclic) bond motifs is 1. The molecule has 0 radical (unpaired) electrons. The Labute approximate surface area is 209 Å². The minimum absolute atomic E-state index is 0.109. The molecule has 9 nitrogen and oxygen atoms in total. The van der Waals surface area contributed by atoms with Crippen molar-refractivity contribution in [1.29, 1.82) is 0 Å². The van der Waals surface area contributed by atoms with Gasteiger partial charge in [-0.25, -0.2) is 0 Å². The maximum absolute atomic E-state index is 13.0. The molecule has 36 heavy (non-hydrogen) atoms. The van der Waals surface area contributed by atoms with Gasteiger partial charge in [-0.3, -0.25) is 9.36 Å². The van der Waals surface area contributed by atoms with Crippen LogP contribution in [-0.4, -0.2) is 56.4 Å². The van der Waals surface area contributed by atoms with Crippen LogP contribution in [0.25, 0.3) is 10.9 Å². The van der Waals surface area contributed by atoms with Crippen molar-refractivity contribution >= 4 is 28.4 Å². The molecule has 0 spiro atoms. The molecule has 0 unspecified atom stereocenters. The van der Waals surface area contributed by atoms with Gasteiger partial charge in [0.1, 0.15) is 0 Å². The number of aromatic nitrogens is 3. The molecule has 9 heteroatoms. The first kappa shape index (κ1) is 23.6. The van der Waals surface area contributed by atoms with Crippen LogP contribution in [0.1, 0.15) is 30.3 Å². The summed E-state index contributed by atoms with van der Waals surface area (Å²) >= 11 is 0. The zero-order valence-electron chi connectivity index (χ0n) is 20.4. The van der Waals surface area contributed by atoms with E-state index in [-0.39, 0.29) is 11.7 Å². The number of amides is 1. The van der Waals surface area contributed by atoms with Gasteiger partial charge in [-0.2, -0.15) is 0 Å². The number of H-pyrrole nitrogens is 1. The summed E-state index contributed by atoms with van der Waals surface area (Å²) in [5, 5.41) is 13.1. The van der Waals surface area contributed by atoms with E-state index in [1.54, 1.807) is 0 Å². The first-order chi connectivity index (χ1) is 17.5. The van der Waals surface area contributed by atoms with Crippen molar-refractivity contribution in [2.75, 3.05) is 31.1 Å². The molecule has 1 N–H and O–H groups in total. The van der Waals surface area contributed by atoms with Crippen molar-refractivity contribution in [3.63, 3.8) is 0 Å². The molecule has 0 aliphatic carbocycles. The minimum atomic E-state index is -0.394. The second-order valence-electron chi connectivity index (χ2n) is 9.08. The van der Waals surface area contributed by atoms with Crippen LogP contribution in [0.3, 0.4) is 0 Å². The fourth-order valence-electron chi connectivity index (χ4n) is 5.02. The molecule has 1 amide bonds. The van der Waals surface area contributed by atoms with E-state index >= 15 is 0 Å². The molecule has 1 aliphatic rings. The number of anilines is 1. The van der Waals surface area contributed by atoms with Crippen LogP contribution in [0.2, 0.25) is 0 Å². The smallest absolute Gasteiger partial charge is 0.361 e. The number of hydrogen-bond acceptors (Lipinski definition) is 5. The number of para-hydroxylation sites is 1. The molecule has 1 fully saturated rings. The standard InChI is InChI=1S/C27H30N6O3/c1-2-24-29-26(33(35)36)27(32(24)19-20-8-4-3-5-9-20)31-16-14-30(15-17-31)25(34)13-12-21-18-28-23-11-7-6-10-22(21)23/h3-11,18,28H,2,12-17,19H2,1H3. The average molecular weight is 487 g/mol. The van der Waals surface area contributed by atoms with Crippen LogP contribution in [0.15, 0.2) is 60.8 Å². The van der Waals surface area contributed by atoms with Crippen LogP contribution in [0.4, 0.5) is 11.6 Å². The summed E-state index contributed by atoms with van der Waals surface area (Å²) in [5.74, 6) is 1.23. The third-order valence-electron chi connectivity index (χ3n) is 6.89. The maximum atomic E-state index is 13.0. The van der Waals surface area contributed by atoms with E-state index in [2.05, 4.69) is 16.0 Å². The van der Waals surface area contributed by atoms with Crippen LogP contribution in [0.5, 0.6) is 0 Å². The number of carbonyl (C=O) groups is 1.